The molecule has 0 unspecified atom stereocenters. The van der Waals surface area contributed by atoms with E-state index >= 15 is 0 Å². The predicted octanol–water partition coefficient (Wildman–Crippen LogP) is 3.86. The number of ether oxygens (including phenoxy) is 3. The lowest BCUT2D eigenvalue weighted by Crippen LogP contribution is -2.28. The molecule has 0 aliphatic carbocycles. The van der Waals surface area contributed by atoms with Gasteiger partial charge in [0.15, 0.2) is 11.5 Å². The summed E-state index contributed by atoms with van der Waals surface area (Å²) in [6.07, 6.45) is 1.00. The first-order valence-corrected chi connectivity index (χ1v) is 9.07. The Morgan fingerprint density at radius 2 is 1.58 bits per heavy atom. The molecule has 0 radical (unpaired) electrons. The Morgan fingerprint density at radius 3 is 2.23 bits per heavy atom. The third-order valence-electron chi connectivity index (χ3n) is 3.79. The minimum Gasteiger partial charge on any atom is -0.492 e. The number of hydrogen-bond acceptors (Lipinski definition) is 4. The molecule has 0 fully saturated rings. The van der Waals surface area contributed by atoms with Gasteiger partial charge in [-0.2, -0.15) is 0 Å². The minimum absolute atomic E-state index is 0.168. The van der Waals surface area contributed by atoms with E-state index in [9.17, 15) is 4.79 Å². The first-order valence-electron chi connectivity index (χ1n) is 9.07. The van der Waals surface area contributed by atoms with Gasteiger partial charge in [-0.1, -0.05) is 19.1 Å². The zero-order chi connectivity index (χ0) is 18.8. The predicted molar refractivity (Wildman–Crippen MR) is 102 cm³/mol. The second-order valence-corrected chi connectivity index (χ2v) is 5.63. The van der Waals surface area contributed by atoms with Crippen LogP contribution in [0.1, 0.15) is 36.7 Å². The van der Waals surface area contributed by atoms with Gasteiger partial charge in [-0.25, -0.2) is 0 Å². The van der Waals surface area contributed by atoms with Gasteiger partial charge < -0.3 is 19.5 Å². The Kier molecular flexibility index (Phi) is 7.80. The van der Waals surface area contributed by atoms with E-state index in [0.717, 1.165) is 12.2 Å². The quantitative estimate of drug-likeness (QED) is 0.656. The van der Waals surface area contributed by atoms with E-state index in [4.69, 9.17) is 14.2 Å². The molecule has 5 heteroatoms. The van der Waals surface area contributed by atoms with Crippen LogP contribution in [0.25, 0.3) is 0 Å². The van der Waals surface area contributed by atoms with Crippen molar-refractivity contribution in [1.29, 1.82) is 0 Å². The van der Waals surface area contributed by atoms with Crippen LogP contribution in [0, 0.1) is 0 Å². The fourth-order valence-electron chi connectivity index (χ4n) is 2.45. The maximum absolute atomic E-state index is 12.3. The van der Waals surface area contributed by atoms with Gasteiger partial charge in [-0.05, 0) is 56.2 Å². The summed E-state index contributed by atoms with van der Waals surface area (Å²) in [4.78, 5) is 12.3. The molecule has 0 atom stereocenters. The number of amides is 1. The van der Waals surface area contributed by atoms with E-state index in [-0.39, 0.29) is 5.91 Å². The van der Waals surface area contributed by atoms with Gasteiger partial charge >= 0.3 is 0 Å². The average molecular weight is 357 g/mol. The van der Waals surface area contributed by atoms with Crippen LogP contribution in [0.15, 0.2) is 42.5 Å². The maximum Gasteiger partial charge on any atom is 0.251 e. The van der Waals surface area contributed by atoms with Gasteiger partial charge in [0.2, 0.25) is 0 Å². The number of carbonyl (C=O) groups is 1. The summed E-state index contributed by atoms with van der Waals surface area (Å²) in [5.41, 5.74) is 1.80. The highest BCUT2D eigenvalue weighted by atomic mass is 16.5. The van der Waals surface area contributed by atoms with E-state index in [0.29, 0.717) is 43.4 Å². The van der Waals surface area contributed by atoms with E-state index in [1.165, 1.54) is 5.56 Å². The molecule has 1 amide bonds. The maximum atomic E-state index is 12.3. The molecule has 0 bridgehead atoms. The molecule has 1 N–H and O–H groups in total. The van der Waals surface area contributed by atoms with Gasteiger partial charge in [0.05, 0.1) is 19.8 Å². The largest absolute Gasteiger partial charge is 0.492 e. The lowest BCUT2D eigenvalue weighted by atomic mass is 10.2. The van der Waals surface area contributed by atoms with Crippen molar-refractivity contribution in [3.05, 3.63) is 53.6 Å². The van der Waals surface area contributed by atoms with E-state index in [1.807, 2.05) is 38.1 Å². The Morgan fingerprint density at radius 1 is 0.885 bits per heavy atom. The summed E-state index contributed by atoms with van der Waals surface area (Å²) in [5, 5.41) is 2.85. The Bertz CT molecular complexity index is 698. The zero-order valence-electron chi connectivity index (χ0n) is 15.7. The lowest BCUT2D eigenvalue weighted by molar-refractivity contribution is 0.0946. The van der Waals surface area contributed by atoms with Gasteiger partial charge in [0, 0.05) is 5.56 Å². The normalized spacial score (nSPS) is 10.3. The monoisotopic (exact) mass is 357 g/mol. The molecular formula is C21H27NO4. The van der Waals surface area contributed by atoms with Crippen molar-refractivity contribution in [1.82, 2.24) is 5.32 Å². The molecule has 5 nitrogen and oxygen atoms in total. The average Bonchev–Trinajstić information content (AvgIpc) is 2.67. The summed E-state index contributed by atoms with van der Waals surface area (Å²) in [6.45, 7) is 7.80. The molecule has 0 saturated carbocycles. The lowest BCUT2D eigenvalue weighted by Gasteiger charge is -2.12. The van der Waals surface area contributed by atoms with Crippen LogP contribution < -0.4 is 19.5 Å². The van der Waals surface area contributed by atoms with Crippen molar-refractivity contribution in [2.45, 2.75) is 27.2 Å². The highest BCUT2D eigenvalue weighted by Crippen LogP contribution is 2.28. The fourth-order valence-corrected chi connectivity index (χ4v) is 2.45. The third kappa shape index (κ3) is 5.69. The summed E-state index contributed by atoms with van der Waals surface area (Å²) < 4.78 is 16.7. The van der Waals surface area contributed by atoms with E-state index in [1.54, 1.807) is 18.2 Å². The van der Waals surface area contributed by atoms with Gasteiger partial charge in [0.1, 0.15) is 12.4 Å². The number of benzene rings is 2. The molecule has 2 aromatic carbocycles. The standard InChI is InChI=1S/C21H27NO4/c1-4-16-7-10-18(11-8-16)26-14-13-22-21(23)17-9-12-19(24-5-2)20(15-17)25-6-3/h7-12,15H,4-6,13-14H2,1-3H3,(H,22,23). The molecule has 140 valence electrons. The van der Waals surface area contributed by atoms with Crippen LogP contribution in [-0.4, -0.2) is 32.3 Å². The SMILES string of the molecule is CCOc1ccc(C(=O)NCCOc2ccc(CC)cc2)cc1OCC. The summed E-state index contributed by atoms with van der Waals surface area (Å²) >= 11 is 0. The number of rotatable bonds is 10. The van der Waals surface area contributed by atoms with Crippen LogP contribution in [0.2, 0.25) is 0 Å². The van der Waals surface area contributed by atoms with Crippen molar-refractivity contribution in [3.8, 4) is 17.2 Å². The Balaban J connectivity index is 1.85. The van der Waals surface area contributed by atoms with Gasteiger partial charge in [0.25, 0.3) is 5.91 Å². The summed E-state index contributed by atoms with van der Waals surface area (Å²) in [5.74, 6) is 1.86. The third-order valence-corrected chi connectivity index (χ3v) is 3.79. The van der Waals surface area contributed by atoms with Crippen LogP contribution in [0.3, 0.4) is 0 Å². The highest BCUT2D eigenvalue weighted by Gasteiger charge is 2.11. The molecule has 0 saturated heterocycles. The van der Waals surface area contributed by atoms with Crippen LogP contribution in [0.4, 0.5) is 0 Å². The molecule has 2 rings (SSSR count). The van der Waals surface area contributed by atoms with Crippen molar-refractivity contribution >= 4 is 5.91 Å². The van der Waals surface area contributed by atoms with E-state index in [2.05, 4.69) is 12.2 Å². The van der Waals surface area contributed by atoms with Crippen molar-refractivity contribution in [2.24, 2.45) is 0 Å². The molecule has 0 aromatic heterocycles. The topological polar surface area (TPSA) is 56.8 Å². The minimum atomic E-state index is -0.168. The Hall–Kier alpha value is -2.69. The molecular weight excluding hydrogens is 330 g/mol. The molecule has 0 aliphatic heterocycles. The molecule has 2 aromatic rings. The summed E-state index contributed by atoms with van der Waals surface area (Å²) in [7, 11) is 0. The number of aryl methyl sites for hydroxylation is 1. The van der Waals surface area contributed by atoms with Crippen molar-refractivity contribution < 1.29 is 19.0 Å². The first-order chi connectivity index (χ1) is 12.7. The van der Waals surface area contributed by atoms with Crippen LogP contribution in [0.5, 0.6) is 17.2 Å². The van der Waals surface area contributed by atoms with Gasteiger partial charge in [-0.15, -0.1) is 0 Å². The van der Waals surface area contributed by atoms with Crippen LogP contribution >= 0.6 is 0 Å². The number of hydrogen-bond donors (Lipinski definition) is 1. The number of carbonyl (C=O) groups excluding carboxylic acids is 1. The fraction of sp³-hybridized carbons (Fsp3) is 0.381. The Labute approximate surface area is 155 Å². The first kappa shape index (κ1) is 19.6. The smallest absolute Gasteiger partial charge is 0.251 e. The molecule has 0 aliphatic rings. The van der Waals surface area contributed by atoms with Crippen molar-refractivity contribution in [3.63, 3.8) is 0 Å². The summed E-state index contributed by atoms with van der Waals surface area (Å²) in [6, 6.07) is 13.2. The van der Waals surface area contributed by atoms with E-state index < -0.39 is 0 Å². The van der Waals surface area contributed by atoms with Gasteiger partial charge in [-0.3, -0.25) is 4.79 Å². The highest BCUT2D eigenvalue weighted by molar-refractivity contribution is 5.94. The van der Waals surface area contributed by atoms with Crippen LogP contribution in [-0.2, 0) is 6.42 Å². The second kappa shape index (κ2) is 10.3. The molecule has 0 heterocycles. The number of nitrogens with one attached hydrogen (secondary N) is 1. The van der Waals surface area contributed by atoms with Crippen molar-refractivity contribution in [2.75, 3.05) is 26.4 Å². The zero-order valence-corrected chi connectivity index (χ0v) is 15.7. The second-order valence-electron chi connectivity index (χ2n) is 5.63. The molecule has 26 heavy (non-hydrogen) atoms. The molecule has 0 spiro atoms.